The standard InChI is InChI=1S/C15H19N3O2/c19-14(8-5-10-3-1-2-4-10)16-11-6-7-12-13(9-11)18-15(20)17-12/h6-7,9-10H,1-5,8H2,(H,16,19)(H2,17,18,20). The van der Waals surface area contributed by atoms with Gasteiger partial charge in [-0.3, -0.25) is 4.79 Å². The maximum absolute atomic E-state index is 11.9. The van der Waals surface area contributed by atoms with Gasteiger partial charge in [-0.1, -0.05) is 25.7 Å². The van der Waals surface area contributed by atoms with E-state index in [4.69, 9.17) is 0 Å². The van der Waals surface area contributed by atoms with Crippen LogP contribution >= 0.6 is 0 Å². The van der Waals surface area contributed by atoms with Crippen molar-refractivity contribution in [3.8, 4) is 0 Å². The number of imidazole rings is 1. The zero-order valence-electron chi connectivity index (χ0n) is 11.4. The third-order valence-electron chi connectivity index (χ3n) is 4.05. The predicted molar refractivity (Wildman–Crippen MR) is 78.7 cm³/mol. The molecule has 2 aromatic rings. The molecule has 5 heteroatoms. The summed E-state index contributed by atoms with van der Waals surface area (Å²) in [7, 11) is 0. The number of nitrogens with one attached hydrogen (secondary N) is 3. The lowest BCUT2D eigenvalue weighted by molar-refractivity contribution is -0.116. The second-order valence-electron chi connectivity index (χ2n) is 5.58. The number of anilines is 1. The van der Waals surface area contributed by atoms with Crippen LogP contribution in [0.15, 0.2) is 23.0 Å². The fourth-order valence-corrected chi connectivity index (χ4v) is 2.97. The van der Waals surface area contributed by atoms with Crippen molar-refractivity contribution in [3.63, 3.8) is 0 Å². The van der Waals surface area contributed by atoms with E-state index in [1.807, 2.05) is 0 Å². The molecule has 106 valence electrons. The summed E-state index contributed by atoms with van der Waals surface area (Å²) < 4.78 is 0. The average Bonchev–Trinajstić information content (AvgIpc) is 3.04. The first-order valence-corrected chi connectivity index (χ1v) is 7.22. The number of carbonyl (C=O) groups excluding carboxylic acids is 1. The number of benzene rings is 1. The molecule has 1 amide bonds. The van der Waals surface area contributed by atoms with Crippen molar-refractivity contribution in [2.75, 3.05) is 5.32 Å². The van der Waals surface area contributed by atoms with Gasteiger partial charge in [0.1, 0.15) is 0 Å². The Morgan fingerprint density at radius 1 is 1.20 bits per heavy atom. The van der Waals surface area contributed by atoms with Gasteiger partial charge in [-0.05, 0) is 30.5 Å². The maximum Gasteiger partial charge on any atom is 0.323 e. The smallest absolute Gasteiger partial charge is 0.323 e. The highest BCUT2D eigenvalue weighted by Gasteiger charge is 2.16. The average molecular weight is 273 g/mol. The molecule has 3 N–H and O–H groups in total. The summed E-state index contributed by atoms with van der Waals surface area (Å²) >= 11 is 0. The van der Waals surface area contributed by atoms with Gasteiger partial charge in [0.25, 0.3) is 0 Å². The molecule has 0 saturated heterocycles. The van der Waals surface area contributed by atoms with Gasteiger partial charge < -0.3 is 15.3 Å². The largest absolute Gasteiger partial charge is 0.326 e. The van der Waals surface area contributed by atoms with Gasteiger partial charge in [-0.2, -0.15) is 0 Å². The molecular weight excluding hydrogens is 254 g/mol. The molecule has 3 rings (SSSR count). The van der Waals surface area contributed by atoms with Gasteiger partial charge in [0, 0.05) is 12.1 Å². The van der Waals surface area contributed by atoms with Crippen molar-refractivity contribution in [3.05, 3.63) is 28.7 Å². The number of rotatable bonds is 4. The first-order valence-electron chi connectivity index (χ1n) is 7.22. The number of hydrogen-bond donors (Lipinski definition) is 3. The highest BCUT2D eigenvalue weighted by molar-refractivity contribution is 5.92. The number of aromatic amines is 2. The first-order chi connectivity index (χ1) is 9.70. The summed E-state index contributed by atoms with van der Waals surface area (Å²) in [6, 6.07) is 5.38. The minimum atomic E-state index is -0.232. The van der Waals surface area contributed by atoms with Gasteiger partial charge in [0.15, 0.2) is 0 Å². The van der Waals surface area contributed by atoms with Crippen LogP contribution < -0.4 is 11.0 Å². The zero-order valence-corrected chi connectivity index (χ0v) is 11.4. The van der Waals surface area contributed by atoms with E-state index in [1.54, 1.807) is 18.2 Å². The van der Waals surface area contributed by atoms with Crippen LogP contribution in [0.3, 0.4) is 0 Å². The highest BCUT2D eigenvalue weighted by atomic mass is 16.1. The first kappa shape index (κ1) is 13.0. The van der Waals surface area contributed by atoms with Gasteiger partial charge in [-0.25, -0.2) is 4.79 Å². The summed E-state index contributed by atoms with van der Waals surface area (Å²) in [5.41, 5.74) is 1.96. The Morgan fingerprint density at radius 2 is 1.95 bits per heavy atom. The van der Waals surface area contributed by atoms with Crippen LogP contribution in [0.5, 0.6) is 0 Å². The maximum atomic E-state index is 11.9. The Balaban J connectivity index is 1.60. The highest BCUT2D eigenvalue weighted by Crippen LogP contribution is 2.28. The molecule has 1 saturated carbocycles. The van der Waals surface area contributed by atoms with Gasteiger partial charge >= 0.3 is 5.69 Å². The topological polar surface area (TPSA) is 77.8 Å². The molecule has 0 spiro atoms. The van der Waals surface area contributed by atoms with Crippen LogP contribution in [-0.2, 0) is 4.79 Å². The van der Waals surface area contributed by atoms with Gasteiger partial charge in [0.2, 0.25) is 5.91 Å². The summed E-state index contributed by atoms with van der Waals surface area (Å²) in [6.07, 6.45) is 6.71. The van der Waals surface area contributed by atoms with E-state index in [9.17, 15) is 9.59 Å². The van der Waals surface area contributed by atoms with E-state index in [1.165, 1.54) is 25.7 Å². The van der Waals surface area contributed by atoms with Crippen LogP contribution in [0, 0.1) is 5.92 Å². The van der Waals surface area contributed by atoms with Crippen molar-refractivity contribution in [2.24, 2.45) is 5.92 Å². The van der Waals surface area contributed by atoms with Gasteiger partial charge in [0.05, 0.1) is 11.0 Å². The predicted octanol–water partition coefficient (Wildman–Crippen LogP) is 2.77. The van der Waals surface area contributed by atoms with Crippen molar-refractivity contribution >= 4 is 22.6 Å². The fourth-order valence-electron chi connectivity index (χ4n) is 2.97. The number of fused-ring (bicyclic) bond motifs is 1. The lowest BCUT2D eigenvalue weighted by atomic mass is 10.0. The number of hydrogen-bond acceptors (Lipinski definition) is 2. The van der Waals surface area contributed by atoms with Crippen molar-refractivity contribution < 1.29 is 4.79 Å². The minimum absolute atomic E-state index is 0.0501. The fraction of sp³-hybridized carbons (Fsp3) is 0.467. The number of H-pyrrole nitrogens is 2. The molecular formula is C15H19N3O2. The van der Waals surface area contributed by atoms with Crippen molar-refractivity contribution in [1.29, 1.82) is 0 Å². The molecule has 1 aromatic heterocycles. The van der Waals surface area contributed by atoms with E-state index in [2.05, 4.69) is 15.3 Å². The Morgan fingerprint density at radius 3 is 2.75 bits per heavy atom. The number of carbonyl (C=O) groups is 1. The number of amides is 1. The SMILES string of the molecule is O=C(CCC1CCCC1)Nc1ccc2[nH]c(=O)[nH]c2c1. The monoisotopic (exact) mass is 273 g/mol. The van der Waals surface area contributed by atoms with E-state index in [0.29, 0.717) is 11.9 Å². The van der Waals surface area contributed by atoms with Crippen molar-refractivity contribution in [1.82, 2.24) is 9.97 Å². The third kappa shape index (κ3) is 2.92. The third-order valence-corrected chi connectivity index (χ3v) is 4.05. The van der Waals surface area contributed by atoms with E-state index in [-0.39, 0.29) is 11.6 Å². The summed E-state index contributed by atoms with van der Waals surface area (Å²) in [5, 5.41) is 2.89. The van der Waals surface area contributed by atoms with E-state index >= 15 is 0 Å². The van der Waals surface area contributed by atoms with Crippen LogP contribution in [0.1, 0.15) is 38.5 Å². The Labute approximate surface area is 116 Å². The van der Waals surface area contributed by atoms with Crippen LogP contribution in [-0.4, -0.2) is 15.9 Å². The molecule has 0 unspecified atom stereocenters. The van der Waals surface area contributed by atoms with E-state index in [0.717, 1.165) is 23.5 Å². The van der Waals surface area contributed by atoms with Crippen molar-refractivity contribution in [2.45, 2.75) is 38.5 Å². The molecule has 1 aliphatic rings. The zero-order chi connectivity index (χ0) is 13.9. The Hall–Kier alpha value is -2.04. The summed E-state index contributed by atoms with van der Waals surface area (Å²) in [4.78, 5) is 28.5. The normalized spacial score (nSPS) is 15.8. The molecule has 5 nitrogen and oxygen atoms in total. The second-order valence-corrected chi connectivity index (χ2v) is 5.58. The second kappa shape index (κ2) is 5.53. The quantitative estimate of drug-likeness (QED) is 0.801. The van der Waals surface area contributed by atoms with Crippen LogP contribution in [0.4, 0.5) is 5.69 Å². The van der Waals surface area contributed by atoms with E-state index < -0.39 is 0 Å². The summed E-state index contributed by atoms with van der Waals surface area (Å²) in [6.45, 7) is 0. The molecule has 0 radical (unpaired) electrons. The lowest BCUT2D eigenvalue weighted by Crippen LogP contribution is -2.12. The Kier molecular flexibility index (Phi) is 3.58. The Bertz CT molecular complexity index is 665. The molecule has 0 atom stereocenters. The molecule has 1 aliphatic carbocycles. The summed E-state index contributed by atoms with van der Waals surface area (Å²) in [5.74, 6) is 0.776. The van der Waals surface area contributed by atoms with Crippen LogP contribution in [0.25, 0.3) is 11.0 Å². The van der Waals surface area contributed by atoms with Crippen LogP contribution in [0.2, 0.25) is 0 Å². The molecule has 20 heavy (non-hydrogen) atoms. The molecule has 1 aromatic carbocycles. The lowest BCUT2D eigenvalue weighted by Gasteiger charge is -2.09. The molecule has 1 heterocycles. The molecule has 1 fully saturated rings. The number of aromatic nitrogens is 2. The molecule has 0 bridgehead atoms. The molecule has 0 aliphatic heterocycles. The minimum Gasteiger partial charge on any atom is -0.326 e. The van der Waals surface area contributed by atoms with Gasteiger partial charge in [-0.15, -0.1) is 0 Å².